The first kappa shape index (κ1) is 26.6. The van der Waals surface area contributed by atoms with Crippen LogP contribution in [0.5, 0.6) is 0 Å². The van der Waals surface area contributed by atoms with Gasteiger partial charge in [-0.25, -0.2) is 17.6 Å². The maximum absolute atomic E-state index is 15.1. The van der Waals surface area contributed by atoms with Gasteiger partial charge in [0.2, 0.25) is 0 Å². The summed E-state index contributed by atoms with van der Waals surface area (Å²) in [7, 11) is 0. The smallest absolute Gasteiger partial charge is 0.194 e. The van der Waals surface area contributed by atoms with Gasteiger partial charge in [-0.3, -0.25) is 0 Å². The second kappa shape index (κ2) is 12.7. The number of benzene rings is 3. The molecule has 0 aliphatic carbocycles. The van der Waals surface area contributed by atoms with E-state index in [2.05, 4.69) is 6.92 Å². The van der Waals surface area contributed by atoms with Crippen molar-refractivity contribution in [2.75, 3.05) is 19.8 Å². The highest BCUT2D eigenvalue weighted by Crippen LogP contribution is 2.25. The van der Waals surface area contributed by atoms with Gasteiger partial charge in [-0.15, -0.1) is 0 Å². The predicted octanol–water partition coefficient (Wildman–Crippen LogP) is 7.06. The van der Waals surface area contributed by atoms with Crippen LogP contribution in [0, 0.1) is 23.3 Å². The first-order chi connectivity index (χ1) is 17.4. The second-order valence-corrected chi connectivity index (χ2v) is 9.30. The van der Waals surface area contributed by atoms with Crippen molar-refractivity contribution in [3.8, 4) is 0 Å². The summed E-state index contributed by atoms with van der Waals surface area (Å²) in [6.07, 6.45) is 4.93. The van der Waals surface area contributed by atoms with Crippen LogP contribution in [0.1, 0.15) is 49.3 Å². The lowest BCUT2D eigenvalue weighted by atomic mass is 9.98. The zero-order valence-electron chi connectivity index (χ0n) is 20.5. The van der Waals surface area contributed by atoms with E-state index in [1.54, 1.807) is 12.1 Å². The molecule has 0 radical (unpaired) electrons. The second-order valence-electron chi connectivity index (χ2n) is 9.30. The molecule has 0 unspecified atom stereocenters. The van der Waals surface area contributed by atoms with Crippen LogP contribution in [-0.2, 0) is 33.5 Å². The molecule has 1 fully saturated rings. The van der Waals surface area contributed by atoms with Crippen molar-refractivity contribution < 1.29 is 31.8 Å². The zero-order valence-corrected chi connectivity index (χ0v) is 20.5. The third kappa shape index (κ3) is 6.84. The minimum absolute atomic E-state index is 0.0166. The monoisotopic (exact) mass is 504 g/mol. The third-order valence-electron chi connectivity index (χ3n) is 6.53. The van der Waals surface area contributed by atoms with Crippen molar-refractivity contribution in [3.05, 3.63) is 82.4 Å². The van der Waals surface area contributed by atoms with Crippen LogP contribution in [0.25, 0.3) is 10.8 Å². The van der Waals surface area contributed by atoms with Gasteiger partial charge in [0.1, 0.15) is 11.9 Å². The number of hydrogen-bond donors (Lipinski definition) is 0. The van der Waals surface area contributed by atoms with Crippen molar-refractivity contribution in [1.82, 2.24) is 0 Å². The molecule has 0 saturated carbocycles. The lowest BCUT2D eigenvalue weighted by Crippen LogP contribution is -2.37. The normalized spacial score (nSPS) is 18.1. The van der Waals surface area contributed by atoms with Crippen molar-refractivity contribution in [2.45, 2.75) is 64.3 Å². The molecule has 1 heterocycles. The van der Waals surface area contributed by atoms with E-state index in [1.165, 1.54) is 0 Å². The van der Waals surface area contributed by atoms with Gasteiger partial charge in [-0.05, 0) is 59.9 Å². The van der Waals surface area contributed by atoms with Crippen LogP contribution in [0.4, 0.5) is 17.6 Å². The maximum Gasteiger partial charge on any atom is 0.194 e. The molecule has 36 heavy (non-hydrogen) atoms. The molecule has 0 aromatic heterocycles. The molecule has 0 N–H and O–H groups in total. The standard InChI is InChI=1S/C29H32F4O3/c1-2-3-4-13-34-23-17-35-27(36-18-23)12-7-19-6-11-24-22(14-19)10-9-21(28(24)32)8-5-20-15-25(30)29(33)26(31)16-20/h6,9-11,14-16,23,27H,2-5,7-8,12-13,17-18H2,1H3. The van der Waals surface area contributed by atoms with Crippen LogP contribution in [0.3, 0.4) is 0 Å². The number of fused-ring (bicyclic) bond motifs is 1. The topological polar surface area (TPSA) is 27.7 Å². The van der Waals surface area contributed by atoms with Crippen LogP contribution in [0.15, 0.2) is 42.5 Å². The van der Waals surface area contributed by atoms with Gasteiger partial charge in [0.15, 0.2) is 23.7 Å². The summed E-state index contributed by atoms with van der Waals surface area (Å²) in [6.45, 7) is 3.95. The Kier molecular flexibility index (Phi) is 9.35. The van der Waals surface area contributed by atoms with Crippen molar-refractivity contribution in [3.63, 3.8) is 0 Å². The van der Waals surface area contributed by atoms with E-state index < -0.39 is 17.5 Å². The summed E-state index contributed by atoms with van der Waals surface area (Å²) in [5.41, 5.74) is 1.77. The Labute approximate surface area is 209 Å². The van der Waals surface area contributed by atoms with Gasteiger partial charge in [-0.2, -0.15) is 0 Å². The van der Waals surface area contributed by atoms with Crippen LogP contribution >= 0.6 is 0 Å². The number of halogens is 4. The van der Waals surface area contributed by atoms with Gasteiger partial charge in [-0.1, -0.05) is 50.1 Å². The lowest BCUT2D eigenvalue weighted by molar-refractivity contribution is -0.227. The molecular formula is C29H32F4O3. The van der Waals surface area contributed by atoms with Crippen molar-refractivity contribution in [1.29, 1.82) is 0 Å². The third-order valence-corrected chi connectivity index (χ3v) is 6.53. The number of ether oxygens (including phenoxy) is 3. The molecule has 4 rings (SSSR count). The van der Waals surface area contributed by atoms with Gasteiger partial charge >= 0.3 is 0 Å². The molecule has 0 atom stereocenters. The van der Waals surface area contributed by atoms with E-state index in [0.29, 0.717) is 30.6 Å². The van der Waals surface area contributed by atoms with Crippen molar-refractivity contribution >= 4 is 10.8 Å². The summed E-state index contributed by atoms with van der Waals surface area (Å²) in [6, 6.07) is 11.0. The number of hydrogen-bond acceptors (Lipinski definition) is 3. The average molecular weight is 505 g/mol. The van der Waals surface area contributed by atoms with E-state index in [9.17, 15) is 13.2 Å². The predicted molar refractivity (Wildman–Crippen MR) is 131 cm³/mol. The Balaban J connectivity index is 1.30. The number of aryl methyl sites for hydroxylation is 3. The van der Waals surface area contributed by atoms with Crippen LogP contribution < -0.4 is 0 Å². The summed E-state index contributed by atoms with van der Waals surface area (Å²) in [5, 5.41) is 1.26. The van der Waals surface area contributed by atoms with E-state index in [4.69, 9.17) is 14.2 Å². The molecule has 0 amide bonds. The van der Waals surface area contributed by atoms with Gasteiger partial charge in [0, 0.05) is 18.4 Å². The van der Waals surface area contributed by atoms with E-state index in [1.807, 2.05) is 18.2 Å². The van der Waals surface area contributed by atoms with E-state index in [0.717, 1.165) is 55.4 Å². The summed E-state index contributed by atoms with van der Waals surface area (Å²) < 4.78 is 72.6. The largest absolute Gasteiger partial charge is 0.373 e. The Bertz CT molecular complexity index is 1140. The van der Waals surface area contributed by atoms with Crippen LogP contribution in [0.2, 0.25) is 0 Å². The Morgan fingerprint density at radius 3 is 2.28 bits per heavy atom. The lowest BCUT2D eigenvalue weighted by Gasteiger charge is -2.29. The molecule has 0 bridgehead atoms. The fraction of sp³-hybridized carbons (Fsp3) is 0.448. The molecule has 0 spiro atoms. The summed E-state index contributed by atoms with van der Waals surface area (Å²) in [4.78, 5) is 0. The average Bonchev–Trinajstić information content (AvgIpc) is 2.88. The molecule has 7 heteroatoms. The van der Waals surface area contributed by atoms with Gasteiger partial charge in [0.05, 0.1) is 13.2 Å². The Morgan fingerprint density at radius 1 is 0.806 bits per heavy atom. The Morgan fingerprint density at radius 2 is 1.56 bits per heavy atom. The quantitative estimate of drug-likeness (QED) is 0.159. The summed E-state index contributed by atoms with van der Waals surface area (Å²) >= 11 is 0. The fourth-order valence-electron chi connectivity index (χ4n) is 4.44. The minimum atomic E-state index is -1.50. The zero-order chi connectivity index (χ0) is 25.5. The fourth-order valence-corrected chi connectivity index (χ4v) is 4.44. The van der Waals surface area contributed by atoms with Crippen molar-refractivity contribution in [2.24, 2.45) is 0 Å². The van der Waals surface area contributed by atoms with Crippen LogP contribution in [-0.4, -0.2) is 32.2 Å². The Hall–Kier alpha value is -2.48. The number of unbranched alkanes of at least 4 members (excludes halogenated alkanes) is 2. The highest BCUT2D eigenvalue weighted by molar-refractivity contribution is 5.84. The highest BCUT2D eigenvalue weighted by atomic mass is 19.2. The molecule has 3 aromatic carbocycles. The highest BCUT2D eigenvalue weighted by Gasteiger charge is 2.22. The molecule has 194 valence electrons. The minimum Gasteiger partial charge on any atom is -0.373 e. The molecule has 1 aliphatic rings. The summed E-state index contributed by atoms with van der Waals surface area (Å²) in [5.74, 6) is -4.33. The number of rotatable bonds is 11. The van der Waals surface area contributed by atoms with Gasteiger partial charge < -0.3 is 14.2 Å². The first-order valence-corrected chi connectivity index (χ1v) is 12.6. The van der Waals surface area contributed by atoms with E-state index >= 15 is 4.39 Å². The molecule has 1 saturated heterocycles. The SMILES string of the molecule is CCCCCOC1COC(CCc2ccc3c(F)c(CCc4cc(F)c(F)c(F)c4)ccc3c2)OC1. The van der Waals surface area contributed by atoms with Gasteiger partial charge in [0.25, 0.3) is 0 Å². The maximum atomic E-state index is 15.1. The molecule has 3 nitrogen and oxygen atoms in total. The molecule has 1 aliphatic heterocycles. The molecule has 3 aromatic rings. The molecular weight excluding hydrogens is 472 g/mol. The van der Waals surface area contributed by atoms with E-state index in [-0.39, 0.29) is 36.6 Å². The first-order valence-electron chi connectivity index (χ1n) is 12.6.